The molecule has 0 atom stereocenters. The maximum atomic E-state index is 11.2. The molecule has 16 heavy (non-hydrogen) atoms. The van der Waals surface area contributed by atoms with Gasteiger partial charge in [-0.3, -0.25) is 4.79 Å². The van der Waals surface area contributed by atoms with Crippen molar-refractivity contribution in [3.05, 3.63) is 0 Å². The molecule has 0 aromatic rings. The minimum atomic E-state index is 0.102. The highest BCUT2D eigenvalue weighted by molar-refractivity contribution is 5.75. The Kier molecular flexibility index (Phi) is 11.9. The molecule has 0 fully saturated rings. The Labute approximate surface area is 97.7 Å². The molecule has 0 unspecified atom stereocenters. The van der Waals surface area contributed by atoms with Gasteiger partial charge < -0.3 is 20.5 Å². The third kappa shape index (κ3) is 11.4. The van der Waals surface area contributed by atoms with E-state index in [1.807, 2.05) is 0 Å². The number of hydrogen-bond acceptors (Lipinski definition) is 4. The zero-order valence-corrected chi connectivity index (χ0v) is 10.2. The molecule has 0 aromatic carbocycles. The van der Waals surface area contributed by atoms with Gasteiger partial charge in [-0.1, -0.05) is 0 Å². The fraction of sp³-hybridized carbons (Fsp3) is 0.909. The van der Waals surface area contributed by atoms with E-state index in [4.69, 9.17) is 15.2 Å². The van der Waals surface area contributed by atoms with Gasteiger partial charge in [-0.25, -0.2) is 0 Å². The highest BCUT2D eigenvalue weighted by Gasteiger charge is 1.99. The van der Waals surface area contributed by atoms with Crippen molar-refractivity contribution in [3.63, 3.8) is 0 Å². The van der Waals surface area contributed by atoms with Crippen LogP contribution in [0.1, 0.15) is 25.7 Å². The van der Waals surface area contributed by atoms with Gasteiger partial charge in [-0.2, -0.15) is 0 Å². The number of carbonyl (C=O) groups excluding carboxylic acids is 1. The summed E-state index contributed by atoms with van der Waals surface area (Å²) in [4.78, 5) is 11.2. The van der Waals surface area contributed by atoms with Crippen molar-refractivity contribution in [1.29, 1.82) is 0 Å². The largest absolute Gasteiger partial charge is 0.382 e. The normalized spacial score (nSPS) is 10.4. The van der Waals surface area contributed by atoms with Gasteiger partial charge in [0.1, 0.15) is 0 Å². The van der Waals surface area contributed by atoms with E-state index in [1.54, 1.807) is 7.11 Å². The van der Waals surface area contributed by atoms with Crippen LogP contribution in [0.15, 0.2) is 0 Å². The SMILES string of the molecule is COCCOCCCNC(=O)CCCCN. The summed E-state index contributed by atoms with van der Waals surface area (Å²) in [5, 5.41) is 2.84. The maximum absolute atomic E-state index is 11.2. The van der Waals surface area contributed by atoms with E-state index in [9.17, 15) is 4.79 Å². The lowest BCUT2D eigenvalue weighted by molar-refractivity contribution is -0.121. The third-order valence-corrected chi connectivity index (χ3v) is 2.08. The molecule has 0 bridgehead atoms. The number of unbranched alkanes of at least 4 members (excludes halogenated alkanes) is 1. The van der Waals surface area contributed by atoms with Gasteiger partial charge in [-0.05, 0) is 25.8 Å². The second-order valence-corrected chi connectivity index (χ2v) is 3.55. The Morgan fingerprint density at radius 1 is 1.19 bits per heavy atom. The standard InChI is InChI=1S/C11H24N2O3/c1-15-9-10-16-8-4-7-13-11(14)5-2-3-6-12/h2-10,12H2,1H3,(H,13,14). The Balaban J connectivity index is 3.09. The summed E-state index contributed by atoms with van der Waals surface area (Å²) < 4.78 is 10.1. The summed E-state index contributed by atoms with van der Waals surface area (Å²) in [7, 11) is 1.64. The molecule has 0 aromatic heterocycles. The van der Waals surface area contributed by atoms with Crippen LogP contribution in [0.5, 0.6) is 0 Å². The molecule has 0 aliphatic heterocycles. The molecule has 0 saturated heterocycles. The van der Waals surface area contributed by atoms with E-state index in [0.717, 1.165) is 19.3 Å². The number of amides is 1. The van der Waals surface area contributed by atoms with E-state index < -0.39 is 0 Å². The lowest BCUT2D eigenvalue weighted by Gasteiger charge is -2.05. The zero-order valence-electron chi connectivity index (χ0n) is 10.2. The highest BCUT2D eigenvalue weighted by atomic mass is 16.5. The third-order valence-electron chi connectivity index (χ3n) is 2.08. The average molecular weight is 232 g/mol. The molecule has 1 amide bonds. The van der Waals surface area contributed by atoms with Gasteiger partial charge in [0.2, 0.25) is 5.91 Å². The van der Waals surface area contributed by atoms with Crippen LogP contribution in [-0.4, -0.2) is 45.9 Å². The van der Waals surface area contributed by atoms with Crippen LogP contribution in [0.4, 0.5) is 0 Å². The number of nitrogens with two attached hydrogens (primary N) is 1. The molecular formula is C11H24N2O3. The van der Waals surface area contributed by atoms with E-state index in [-0.39, 0.29) is 5.91 Å². The van der Waals surface area contributed by atoms with E-state index in [0.29, 0.717) is 39.3 Å². The monoisotopic (exact) mass is 232 g/mol. The molecule has 5 heteroatoms. The summed E-state index contributed by atoms with van der Waals surface area (Å²) in [5.74, 6) is 0.102. The van der Waals surface area contributed by atoms with Crippen LogP contribution < -0.4 is 11.1 Å². The topological polar surface area (TPSA) is 73.6 Å². The molecule has 0 aliphatic rings. The molecule has 0 radical (unpaired) electrons. The number of rotatable bonds is 11. The van der Waals surface area contributed by atoms with E-state index >= 15 is 0 Å². The van der Waals surface area contributed by atoms with Crippen LogP contribution in [0.25, 0.3) is 0 Å². The molecule has 96 valence electrons. The van der Waals surface area contributed by atoms with Crippen molar-refractivity contribution >= 4 is 5.91 Å². The van der Waals surface area contributed by atoms with Crippen molar-refractivity contribution in [2.45, 2.75) is 25.7 Å². The fourth-order valence-corrected chi connectivity index (χ4v) is 1.16. The first-order chi connectivity index (χ1) is 7.81. The van der Waals surface area contributed by atoms with Gasteiger partial charge in [0.15, 0.2) is 0 Å². The van der Waals surface area contributed by atoms with Crippen LogP contribution in [0.2, 0.25) is 0 Å². The molecule has 0 aliphatic carbocycles. The van der Waals surface area contributed by atoms with Gasteiger partial charge in [-0.15, -0.1) is 0 Å². The van der Waals surface area contributed by atoms with Crippen LogP contribution in [-0.2, 0) is 14.3 Å². The Hall–Kier alpha value is -0.650. The Morgan fingerprint density at radius 2 is 2.00 bits per heavy atom. The van der Waals surface area contributed by atoms with E-state index in [1.165, 1.54) is 0 Å². The molecular weight excluding hydrogens is 208 g/mol. The predicted molar refractivity (Wildman–Crippen MR) is 63.2 cm³/mol. The van der Waals surface area contributed by atoms with Crippen LogP contribution in [0, 0.1) is 0 Å². The molecule has 0 saturated carbocycles. The van der Waals surface area contributed by atoms with Gasteiger partial charge in [0.05, 0.1) is 13.2 Å². The number of methoxy groups -OCH3 is 1. The van der Waals surface area contributed by atoms with Gasteiger partial charge in [0, 0.05) is 26.7 Å². The lowest BCUT2D eigenvalue weighted by Crippen LogP contribution is -2.25. The van der Waals surface area contributed by atoms with Crippen molar-refractivity contribution in [2.75, 3.05) is 40.0 Å². The first-order valence-corrected chi connectivity index (χ1v) is 5.84. The number of carbonyl (C=O) groups is 1. The summed E-state index contributed by atoms with van der Waals surface area (Å²) in [5.41, 5.74) is 5.34. The second kappa shape index (κ2) is 12.4. The predicted octanol–water partition coefficient (Wildman–Crippen LogP) is 0.285. The van der Waals surface area contributed by atoms with E-state index in [2.05, 4.69) is 5.32 Å². The summed E-state index contributed by atoms with van der Waals surface area (Å²) in [6, 6.07) is 0. The van der Waals surface area contributed by atoms with Crippen LogP contribution in [0.3, 0.4) is 0 Å². The van der Waals surface area contributed by atoms with Gasteiger partial charge >= 0.3 is 0 Å². The first kappa shape index (κ1) is 15.3. The molecule has 0 spiro atoms. The minimum absolute atomic E-state index is 0.102. The van der Waals surface area contributed by atoms with Crippen LogP contribution >= 0.6 is 0 Å². The number of hydrogen-bond donors (Lipinski definition) is 2. The second-order valence-electron chi connectivity index (χ2n) is 3.55. The molecule has 0 rings (SSSR count). The number of nitrogens with one attached hydrogen (secondary N) is 1. The quantitative estimate of drug-likeness (QED) is 0.502. The Bertz CT molecular complexity index is 165. The zero-order chi connectivity index (χ0) is 12.1. The summed E-state index contributed by atoms with van der Waals surface area (Å²) >= 11 is 0. The van der Waals surface area contributed by atoms with Crippen molar-refractivity contribution in [1.82, 2.24) is 5.32 Å². The highest BCUT2D eigenvalue weighted by Crippen LogP contribution is 1.93. The lowest BCUT2D eigenvalue weighted by atomic mass is 10.2. The average Bonchev–Trinajstić information content (AvgIpc) is 2.28. The maximum Gasteiger partial charge on any atom is 0.219 e. The summed E-state index contributed by atoms with van der Waals surface area (Å²) in [6.45, 7) is 3.22. The van der Waals surface area contributed by atoms with Crippen molar-refractivity contribution in [2.24, 2.45) is 5.73 Å². The molecule has 0 heterocycles. The fourth-order valence-electron chi connectivity index (χ4n) is 1.16. The van der Waals surface area contributed by atoms with Crippen molar-refractivity contribution < 1.29 is 14.3 Å². The molecule has 5 nitrogen and oxygen atoms in total. The minimum Gasteiger partial charge on any atom is -0.382 e. The first-order valence-electron chi connectivity index (χ1n) is 5.84. The summed E-state index contributed by atoms with van der Waals surface area (Å²) in [6.07, 6.45) is 3.19. The van der Waals surface area contributed by atoms with Crippen molar-refractivity contribution in [3.8, 4) is 0 Å². The number of ether oxygens (including phenoxy) is 2. The Morgan fingerprint density at radius 3 is 2.69 bits per heavy atom. The van der Waals surface area contributed by atoms with Gasteiger partial charge in [0.25, 0.3) is 0 Å². The smallest absolute Gasteiger partial charge is 0.219 e. The molecule has 3 N–H and O–H groups in total.